The molecule has 1 amide bonds. The number of aromatic nitrogens is 2. The van der Waals surface area contributed by atoms with Crippen LogP contribution in [0.5, 0.6) is 0 Å². The summed E-state index contributed by atoms with van der Waals surface area (Å²) in [6.45, 7) is 0. The maximum Gasteiger partial charge on any atom is 0.237 e. The van der Waals surface area contributed by atoms with E-state index in [-0.39, 0.29) is 5.91 Å². The quantitative estimate of drug-likeness (QED) is 0.792. The zero-order chi connectivity index (χ0) is 11.8. The summed E-state index contributed by atoms with van der Waals surface area (Å²) in [7, 11) is 1.88. The van der Waals surface area contributed by atoms with Crippen LogP contribution in [-0.4, -0.2) is 26.5 Å². The number of nitrogens with two attached hydrogens (primary N) is 2. The van der Waals surface area contributed by atoms with Crippen molar-refractivity contribution < 1.29 is 4.79 Å². The molecule has 2 rings (SSSR count). The fourth-order valence-electron chi connectivity index (χ4n) is 2.01. The molecule has 16 heavy (non-hydrogen) atoms. The molecular formula is C10H16N4OS. The highest BCUT2D eigenvalue weighted by molar-refractivity contribution is 8.00. The predicted octanol–water partition coefficient (Wildman–Crippen LogP) is 0.248. The second-order valence-corrected chi connectivity index (χ2v) is 5.73. The zero-order valence-corrected chi connectivity index (χ0v) is 10.0. The Morgan fingerprint density at radius 2 is 2.50 bits per heavy atom. The average molecular weight is 240 g/mol. The van der Waals surface area contributed by atoms with E-state index in [2.05, 4.69) is 5.10 Å². The summed E-state index contributed by atoms with van der Waals surface area (Å²) in [5, 5.41) is 4.47. The number of thioether (sulfide) groups is 1. The van der Waals surface area contributed by atoms with E-state index in [1.807, 2.05) is 19.4 Å². The second-order valence-electron chi connectivity index (χ2n) is 4.35. The van der Waals surface area contributed by atoms with Crippen molar-refractivity contribution in [3.63, 3.8) is 0 Å². The first-order valence-corrected chi connectivity index (χ1v) is 6.12. The van der Waals surface area contributed by atoms with Gasteiger partial charge in [0.1, 0.15) is 0 Å². The van der Waals surface area contributed by atoms with Crippen molar-refractivity contribution in [3.8, 4) is 0 Å². The van der Waals surface area contributed by atoms with Gasteiger partial charge in [0, 0.05) is 23.4 Å². The molecule has 0 spiro atoms. The smallest absolute Gasteiger partial charge is 0.237 e. The third-order valence-electron chi connectivity index (χ3n) is 2.98. The van der Waals surface area contributed by atoms with Crippen LogP contribution in [0.4, 0.5) is 0 Å². The lowest BCUT2D eigenvalue weighted by Crippen LogP contribution is -2.50. The fraction of sp³-hybridized carbons (Fsp3) is 0.600. The van der Waals surface area contributed by atoms with Gasteiger partial charge in [0.15, 0.2) is 0 Å². The van der Waals surface area contributed by atoms with Crippen LogP contribution < -0.4 is 11.5 Å². The standard InChI is InChI=1S/C10H16N4OS/c1-14-6-8(5-13-14)16-7-2-3-10(12,4-7)9(11)15/h5-7H,2-4,12H2,1H3,(H2,11,15). The van der Waals surface area contributed by atoms with Crippen LogP contribution in [0, 0.1) is 0 Å². The highest BCUT2D eigenvalue weighted by Crippen LogP contribution is 2.38. The lowest BCUT2D eigenvalue weighted by Gasteiger charge is -2.19. The normalized spacial score (nSPS) is 29.5. The Morgan fingerprint density at radius 3 is 3.00 bits per heavy atom. The lowest BCUT2D eigenvalue weighted by molar-refractivity contribution is -0.122. The Hall–Kier alpha value is -1.01. The average Bonchev–Trinajstić information content (AvgIpc) is 2.75. The number of aryl methyl sites for hydroxylation is 1. The van der Waals surface area contributed by atoms with Gasteiger partial charge in [-0.1, -0.05) is 0 Å². The number of carbonyl (C=O) groups is 1. The SMILES string of the molecule is Cn1cc(SC2CCC(N)(C(N)=O)C2)cn1. The summed E-state index contributed by atoms with van der Waals surface area (Å²) in [4.78, 5) is 12.3. The zero-order valence-electron chi connectivity index (χ0n) is 9.22. The predicted molar refractivity (Wildman–Crippen MR) is 62.8 cm³/mol. The molecule has 2 atom stereocenters. The number of primary amides is 1. The molecule has 5 nitrogen and oxygen atoms in total. The van der Waals surface area contributed by atoms with Gasteiger partial charge in [-0.05, 0) is 19.3 Å². The van der Waals surface area contributed by atoms with E-state index in [0.717, 1.165) is 11.3 Å². The van der Waals surface area contributed by atoms with Crippen LogP contribution in [-0.2, 0) is 11.8 Å². The molecule has 1 aromatic rings. The van der Waals surface area contributed by atoms with Crippen LogP contribution in [0.1, 0.15) is 19.3 Å². The van der Waals surface area contributed by atoms with Crippen LogP contribution in [0.2, 0.25) is 0 Å². The largest absolute Gasteiger partial charge is 0.368 e. The van der Waals surface area contributed by atoms with E-state index in [0.29, 0.717) is 18.1 Å². The molecule has 1 saturated carbocycles. The molecule has 0 bridgehead atoms. The van der Waals surface area contributed by atoms with Crippen molar-refractivity contribution in [1.29, 1.82) is 0 Å². The minimum absolute atomic E-state index is 0.363. The molecule has 1 aromatic heterocycles. The van der Waals surface area contributed by atoms with Gasteiger partial charge >= 0.3 is 0 Å². The van der Waals surface area contributed by atoms with Crippen molar-refractivity contribution in [2.75, 3.05) is 0 Å². The van der Waals surface area contributed by atoms with Crippen LogP contribution in [0.3, 0.4) is 0 Å². The molecule has 0 radical (unpaired) electrons. The summed E-state index contributed by atoms with van der Waals surface area (Å²) < 4.78 is 1.76. The van der Waals surface area contributed by atoms with Crippen molar-refractivity contribution in [2.24, 2.45) is 18.5 Å². The van der Waals surface area contributed by atoms with Gasteiger partial charge in [-0.3, -0.25) is 9.48 Å². The maximum atomic E-state index is 11.2. The van der Waals surface area contributed by atoms with Crippen molar-refractivity contribution in [3.05, 3.63) is 12.4 Å². The number of carbonyl (C=O) groups excluding carboxylic acids is 1. The monoisotopic (exact) mass is 240 g/mol. The third kappa shape index (κ3) is 2.22. The number of rotatable bonds is 3. The number of nitrogens with zero attached hydrogens (tertiary/aromatic N) is 2. The molecule has 6 heteroatoms. The lowest BCUT2D eigenvalue weighted by atomic mass is 9.99. The van der Waals surface area contributed by atoms with E-state index >= 15 is 0 Å². The molecule has 1 heterocycles. The van der Waals surface area contributed by atoms with E-state index < -0.39 is 5.54 Å². The van der Waals surface area contributed by atoms with Gasteiger partial charge in [-0.2, -0.15) is 5.10 Å². The molecular weight excluding hydrogens is 224 g/mol. The summed E-state index contributed by atoms with van der Waals surface area (Å²) in [5.41, 5.74) is 10.4. The number of hydrogen-bond acceptors (Lipinski definition) is 4. The van der Waals surface area contributed by atoms with Gasteiger partial charge in [-0.15, -0.1) is 11.8 Å². The summed E-state index contributed by atoms with van der Waals surface area (Å²) in [5.74, 6) is -0.387. The first kappa shape index (κ1) is 11.5. The number of amides is 1. The molecule has 0 saturated heterocycles. The Balaban J connectivity index is 1.97. The molecule has 1 fully saturated rings. The highest BCUT2D eigenvalue weighted by atomic mass is 32.2. The Morgan fingerprint density at radius 1 is 1.75 bits per heavy atom. The van der Waals surface area contributed by atoms with E-state index in [1.165, 1.54) is 0 Å². The minimum atomic E-state index is -0.806. The molecule has 0 aromatic carbocycles. The number of hydrogen-bond donors (Lipinski definition) is 2. The van der Waals surface area contributed by atoms with Gasteiger partial charge in [0.05, 0.1) is 11.7 Å². The Labute approximate surface area is 98.6 Å². The molecule has 1 aliphatic rings. The Kier molecular flexibility index (Phi) is 2.94. The van der Waals surface area contributed by atoms with Crippen molar-refractivity contribution in [1.82, 2.24) is 9.78 Å². The highest BCUT2D eigenvalue weighted by Gasteiger charge is 2.40. The van der Waals surface area contributed by atoms with Crippen molar-refractivity contribution >= 4 is 17.7 Å². The first-order chi connectivity index (χ1) is 7.49. The molecule has 88 valence electrons. The molecule has 4 N–H and O–H groups in total. The van der Waals surface area contributed by atoms with Crippen molar-refractivity contribution in [2.45, 2.75) is 34.9 Å². The topological polar surface area (TPSA) is 86.9 Å². The first-order valence-electron chi connectivity index (χ1n) is 5.24. The minimum Gasteiger partial charge on any atom is -0.368 e. The Bertz CT molecular complexity index is 405. The summed E-state index contributed by atoms with van der Waals surface area (Å²) >= 11 is 1.72. The molecule has 1 aliphatic carbocycles. The van der Waals surface area contributed by atoms with Gasteiger partial charge < -0.3 is 11.5 Å². The van der Waals surface area contributed by atoms with E-state index in [4.69, 9.17) is 11.5 Å². The third-order valence-corrected chi connectivity index (χ3v) is 4.20. The fourth-order valence-corrected chi connectivity index (χ4v) is 3.33. The maximum absolute atomic E-state index is 11.2. The van der Waals surface area contributed by atoms with Gasteiger partial charge in [0.2, 0.25) is 5.91 Å². The van der Waals surface area contributed by atoms with E-state index in [1.54, 1.807) is 16.4 Å². The summed E-state index contributed by atoms with van der Waals surface area (Å²) in [6, 6.07) is 0. The summed E-state index contributed by atoms with van der Waals surface area (Å²) in [6.07, 6.45) is 6.05. The van der Waals surface area contributed by atoms with Crippen LogP contribution in [0.25, 0.3) is 0 Å². The van der Waals surface area contributed by atoms with Gasteiger partial charge in [0.25, 0.3) is 0 Å². The molecule has 0 aliphatic heterocycles. The van der Waals surface area contributed by atoms with Gasteiger partial charge in [-0.25, -0.2) is 0 Å². The van der Waals surface area contributed by atoms with Crippen LogP contribution >= 0.6 is 11.8 Å². The van der Waals surface area contributed by atoms with E-state index in [9.17, 15) is 4.79 Å². The molecule has 2 unspecified atom stereocenters. The second kappa shape index (κ2) is 4.10. The van der Waals surface area contributed by atoms with Crippen LogP contribution in [0.15, 0.2) is 17.3 Å².